The molecule has 0 saturated carbocycles. The van der Waals surface area contributed by atoms with Crippen LogP contribution in [0.25, 0.3) is 0 Å². The fraction of sp³-hybridized carbons (Fsp3) is 0.105. The Balaban J connectivity index is 1.76. The van der Waals surface area contributed by atoms with Crippen LogP contribution in [0.15, 0.2) is 76.6 Å². The molecular weight excluding hydrogens is 380 g/mol. The van der Waals surface area contributed by atoms with Gasteiger partial charge in [0.25, 0.3) is 10.0 Å². The summed E-state index contributed by atoms with van der Waals surface area (Å²) in [6.07, 6.45) is 1.49. The number of hydrogen-bond acceptors (Lipinski definition) is 5. The molecule has 0 fully saturated rings. The van der Waals surface area contributed by atoms with Gasteiger partial charge in [-0.3, -0.25) is 14.1 Å². The standard InChI is InChI=1S/C19H18N4O4S/c1-14(24)20-16-7-9-17(10-8-16)28(26,27)22-18-11-12-23(19(25)21-18)13-15-5-3-2-4-6-15/h2-12H,13H2,1H3,(H,20,24)(H,21,22,25). The predicted octanol–water partition coefficient (Wildman–Crippen LogP) is 2.05. The first-order chi connectivity index (χ1) is 13.3. The van der Waals surface area contributed by atoms with Crippen molar-refractivity contribution in [2.24, 2.45) is 0 Å². The van der Waals surface area contributed by atoms with Crippen LogP contribution in [-0.2, 0) is 21.4 Å². The Morgan fingerprint density at radius 2 is 1.71 bits per heavy atom. The van der Waals surface area contributed by atoms with E-state index in [-0.39, 0.29) is 16.6 Å². The third-order valence-electron chi connectivity index (χ3n) is 3.79. The maximum absolute atomic E-state index is 12.5. The van der Waals surface area contributed by atoms with Crippen LogP contribution in [0.4, 0.5) is 11.5 Å². The molecule has 0 aliphatic carbocycles. The number of carbonyl (C=O) groups is 1. The largest absolute Gasteiger partial charge is 0.349 e. The zero-order valence-electron chi connectivity index (χ0n) is 15.0. The molecule has 0 atom stereocenters. The van der Waals surface area contributed by atoms with Crippen LogP contribution in [-0.4, -0.2) is 23.9 Å². The van der Waals surface area contributed by atoms with Crippen LogP contribution in [0.1, 0.15) is 12.5 Å². The van der Waals surface area contributed by atoms with E-state index in [0.29, 0.717) is 12.2 Å². The number of aromatic nitrogens is 2. The Bertz CT molecular complexity index is 1140. The first-order valence-electron chi connectivity index (χ1n) is 8.35. The van der Waals surface area contributed by atoms with Crippen molar-refractivity contribution >= 4 is 27.4 Å². The lowest BCUT2D eigenvalue weighted by atomic mass is 10.2. The monoisotopic (exact) mass is 398 g/mol. The Hall–Kier alpha value is -3.46. The summed E-state index contributed by atoms with van der Waals surface area (Å²) in [6.45, 7) is 1.70. The van der Waals surface area contributed by atoms with Crippen molar-refractivity contribution in [2.45, 2.75) is 18.4 Å². The average molecular weight is 398 g/mol. The van der Waals surface area contributed by atoms with E-state index in [1.54, 1.807) is 0 Å². The molecule has 8 nitrogen and oxygen atoms in total. The highest BCUT2D eigenvalue weighted by atomic mass is 32.2. The maximum Gasteiger partial charge on any atom is 0.349 e. The summed E-state index contributed by atoms with van der Waals surface area (Å²) >= 11 is 0. The van der Waals surface area contributed by atoms with Crippen LogP contribution in [0.5, 0.6) is 0 Å². The van der Waals surface area contributed by atoms with E-state index in [4.69, 9.17) is 0 Å². The maximum atomic E-state index is 12.5. The molecule has 3 aromatic rings. The van der Waals surface area contributed by atoms with Crippen molar-refractivity contribution in [1.82, 2.24) is 9.55 Å². The SMILES string of the molecule is CC(=O)Nc1ccc(S(=O)(=O)Nc2ccn(Cc3ccccc3)c(=O)n2)cc1. The zero-order valence-corrected chi connectivity index (χ0v) is 15.8. The number of nitrogens with zero attached hydrogens (tertiary/aromatic N) is 2. The summed E-state index contributed by atoms with van der Waals surface area (Å²) in [5, 5.41) is 2.56. The molecule has 1 amide bonds. The number of hydrogen-bond donors (Lipinski definition) is 2. The lowest BCUT2D eigenvalue weighted by molar-refractivity contribution is -0.114. The number of rotatable bonds is 6. The molecule has 144 valence electrons. The second-order valence-electron chi connectivity index (χ2n) is 6.02. The van der Waals surface area contributed by atoms with Gasteiger partial charge in [0.15, 0.2) is 0 Å². The molecule has 0 bridgehead atoms. The molecule has 0 aliphatic heterocycles. The highest BCUT2D eigenvalue weighted by Crippen LogP contribution is 2.16. The summed E-state index contributed by atoms with van der Waals surface area (Å²) in [6, 6.07) is 16.5. The van der Waals surface area contributed by atoms with Crippen LogP contribution in [0.2, 0.25) is 0 Å². The molecule has 0 aliphatic rings. The van der Waals surface area contributed by atoms with Gasteiger partial charge in [0.05, 0.1) is 11.4 Å². The van der Waals surface area contributed by atoms with Crippen molar-refractivity contribution in [3.05, 3.63) is 82.9 Å². The summed E-state index contributed by atoms with van der Waals surface area (Å²) in [4.78, 5) is 27.0. The molecule has 0 spiro atoms. The van der Waals surface area contributed by atoms with Crippen molar-refractivity contribution in [1.29, 1.82) is 0 Å². The van der Waals surface area contributed by atoms with Crippen LogP contribution in [0, 0.1) is 0 Å². The molecule has 28 heavy (non-hydrogen) atoms. The molecule has 3 rings (SSSR count). The van der Waals surface area contributed by atoms with Gasteiger partial charge >= 0.3 is 5.69 Å². The van der Waals surface area contributed by atoms with E-state index < -0.39 is 15.7 Å². The van der Waals surface area contributed by atoms with Gasteiger partial charge in [-0.1, -0.05) is 30.3 Å². The molecule has 2 N–H and O–H groups in total. The quantitative estimate of drug-likeness (QED) is 0.660. The molecule has 1 aromatic heterocycles. The molecule has 2 aromatic carbocycles. The van der Waals surface area contributed by atoms with Crippen molar-refractivity contribution in [2.75, 3.05) is 10.0 Å². The van der Waals surface area contributed by atoms with E-state index in [9.17, 15) is 18.0 Å². The van der Waals surface area contributed by atoms with Gasteiger partial charge in [-0.25, -0.2) is 13.2 Å². The van der Waals surface area contributed by atoms with Crippen LogP contribution < -0.4 is 15.7 Å². The van der Waals surface area contributed by atoms with Gasteiger partial charge in [0, 0.05) is 18.8 Å². The van der Waals surface area contributed by atoms with Crippen molar-refractivity contribution < 1.29 is 13.2 Å². The first kappa shape index (κ1) is 19.3. The molecule has 0 unspecified atom stereocenters. The fourth-order valence-electron chi connectivity index (χ4n) is 2.50. The van der Waals surface area contributed by atoms with Gasteiger partial charge in [-0.05, 0) is 35.9 Å². The van der Waals surface area contributed by atoms with Gasteiger partial charge < -0.3 is 5.32 Å². The highest BCUT2D eigenvalue weighted by molar-refractivity contribution is 7.92. The van der Waals surface area contributed by atoms with Crippen molar-refractivity contribution in [3.63, 3.8) is 0 Å². The number of nitrogens with one attached hydrogen (secondary N) is 2. The minimum Gasteiger partial charge on any atom is -0.326 e. The van der Waals surface area contributed by atoms with Gasteiger partial charge in [-0.2, -0.15) is 4.98 Å². The molecular formula is C19H18N4O4S. The summed E-state index contributed by atoms with van der Waals surface area (Å²) in [5.74, 6) is -0.325. The van der Waals surface area contributed by atoms with E-state index in [0.717, 1.165) is 5.56 Å². The predicted molar refractivity (Wildman–Crippen MR) is 106 cm³/mol. The normalized spacial score (nSPS) is 11.0. The van der Waals surface area contributed by atoms with Gasteiger partial charge in [0.2, 0.25) is 5.91 Å². The Morgan fingerprint density at radius 1 is 1.04 bits per heavy atom. The summed E-state index contributed by atoms with van der Waals surface area (Å²) < 4.78 is 28.6. The van der Waals surface area contributed by atoms with E-state index >= 15 is 0 Å². The van der Waals surface area contributed by atoms with Crippen LogP contribution in [0.3, 0.4) is 0 Å². The second kappa shape index (κ2) is 8.05. The number of anilines is 2. The van der Waals surface area contributed by atoms with E-state index in [1.807, 2.05) is 30.3 Å². The fourth-order valence-corrected chi connectivity index (χ4v) is 3.50. The summed E-state index contributed by atoms with van der Waals surface area (Å²) in [7, 11) is -3.92. The third kappa shape index (κ3) is 4.83. The molecule has 0 radical (unpaired) electrons. The first-order valence-corrected chi connectivity index (χ1v) is 9.84. The average Bonchev–Trinajstić information content (AvgIpc) is 2.64. The van der Waals surface area contributed by atoms with Crippen molar-refractivity contribution in [3.8, 4) is 0 Å². The highest BCUT2D eigenvalue weighted by Gasteiger charge is 2.15. The minimum absolute atomic E-state index is 0.0168. The lowest BCUT2D eigenvalue weighted by Crippen LogP contribution is -2.25. The molecule has 0 saturated heterocycles. The number of benzene rings is 2. The Morgan fingerprint density at radius 3 is 2.32 bits per heavy atom. The topological polar surface area (TPSA) is 110 Å². The minimum atomic E-state index is -3.92. The Kier molecular flexibility index (Phi) is 5.55. The van der Waals surface area contributed by atoms with Gasteiger partial charge in [0.1, 0.15) is 5.82 Å². The summed E-state index contributed by atoms with van der Waals surface area (Å²) in [5.41, 5.74) is 0.845. The molecule has 9 heteroatoms. The van der Waals surface area contributed by atoms with Gasteiger partial charge in [-0.15, -0.1) is 0 Å². The lowest BCUT2D eigenvalue weighted by Gasteiger charge is -2.10. The number of amides is 1. The van der Waals surface area contributed by atoms with Crippen LogP contribution >= 0.6 is 0 Å². The molecule has 1 heterocycles. The third-order valence-corrected chi connectivity index (χ3v) is 5.16. The zero-order chi connectivity index (χ0) is 20.1. The Labute approximate surface area is 161 Å². The van der Waals surface area contributed by atoms with E-state index in [2.05, 4.69) is 15.0 Å². The second-order valence-corrected chi connectivity index (χ2v) is 7.70. The number of sulfonamides is 1. The number of carbonyl (C=O) groups excluding carboxylic acids is 1. The smallest absolute Gasteiger partial charge is 0.326 e. The van der Waals surface area contributed by atoms with E-state index in [1.165, 1.54) is 48.0 Å².